The summed E-state index contributed by atoms with van der Waals surface area (Å²) in [6.45, 7) is 8.10. The highest BCUT2D eigenvalue weighted by Crippen LogP contribution is 2.23. The lowest BCUT2D eigenvalue weighted by Crippen LogP contribution is -2.16. The van der Waals surface area contributed by atoms with Gasteiger partial charge in [0.25, 0.3) is 0 Å². The van der Waals surface area contributed by atoms with Gasteiger partial charge in [0.2, 0.25) is 0 Å². The highest BCUT2D eigenvalue weighted by atomic mass is 16.5. The third-order valence-corrected chi connectivity index (χ3v) is 3.19. The first-order valence-corrected chi connectivity index (χ1v) is 6.97. The molecule has 1 aliphatic carbocycles. The zero-order valence-corrected chi connectivity index (χ0v) is 11.7. The number of nitrogens with zero attached hydrogens (tertiary/aromatic N) is 1. The van der Waals surface area contributed by atoms with Crippen LogP contribution in [0.5, 0.6) is 5.75 Å². The van der Waals surface area contributed by atoms with Crippen LogP contribution in [0.3, 0.4) is 0 Å². The van der Waals surface area contributed by atoms with Crippen LogP contribution in [0.2, 0.25) is 0 Å². The van der Waals surface area contributed by atoms with Crippen LogP contribution >= 0.6 is 0 Å². The van der Waals surface area contributed by atoms with Crippen molar-refractivity contribution < 1.29 is 4.74 Å². The maximum Gasteiger partial charge on any atom is 0.127 e. The fourth-order valence-electron chi connectivity index (χ4n) is 1.78. The van der Waals surface area contributed by atoms with Crippen molar-refractivity contribution in [3.8, 4) is 5.75 Å². The molecule has 0 amide bonds. The monoisotopic (exact) mass is 248 g/mol. The summed E-state index contributed by atoms with van der Waals surface area (Å²) in [6, 6.07) is 2.76. The molecule has 100 valence electrons. The lowest BCUT2D eigenvalue weighted by Gasteiger charge is -2.13. The third kappa shape index (κ3) is 4.30. The topological polar surface area (TPSA) is 34.1 Å². The van der Waals surface area contributed by atoms with Crippen LogP contribution in [0.15, 0.2) is 12.3 Å². The highest BCUT2D eigenvalue weighted by Gasteiger charge is 2.20. The summed E-state index contributed by atoms with van der Waals surface area (Å²) in [5.41, 5.74) is 2.20. The molecule has 1 saturated carbocycles. The van der Waals surface area contributed by atoms with Crippen LogP contribution in [0, 0.1) is 12.8 Å². The molecule has 1 aromatic rings. The lowest BCUT2D eigenvalue weighted by molar-refractivity contribution is 0.285. The van der Waals surface area contributed by atoms with E-state index in [1.165, 1.54) is 18.4 Å². The Morgan fingerprint density at radius 2 is 2.22 bits per heavy atom. The second-order valence-electron chi connectivity index (χ2n) is 5.62. The Labute approximate surface area is 110 Å². The first-order valence-electron chi connectivity index (χ1n) is 6.97. The zero-order valence-electron chi connectivity index (χ0n) is 11.7. The summed E-state index contributed by atoms with van der Waals surface area (Å²) in [4.78, 5) is 4.36. The zero-order chi connectivity index (χ0) is 13.0. The quantitative estimate of drug-likeness (QED) is 0.805. The van der Waals surface area contributed by atoms with E-state index in [9.17, 15) is 0 Å². The van der Waals surface area contributed by atoms with Gasteiger partial charge in [-0.25, -0.2) is 0 Å². The maximum atomic E-state index is 5.90. The summed E-state index contributed by atoms with van der Waals surface area (Å²) in [6.07, 6.45) is 5.65. The van der Waals surface area contributed by atoms with Crippen LogP contribution in [-0.2, 0) is 6.54 Å². The van der Waals surface area contributed by atoms with Crippen LogP contribution < -0.4 is 10.1 Å². The van der Waals surface area contributed by atoms with Gasteiger partial charge in [-0.05, 0) is 32.1 Å². The van der Waals surface area contributed by atoms with Crippen molar-refractivity contribution in [3.63, 3.8) is 0 Å². The summed E-state index contributed by atoms with van der Waals surface area (Å²) < 4.78 is 5.90. The fourth-order valence-corrected chi connectivity index (χ4v) is 1.78. The van der Waals surface area contributed by atoms with Gasteiger partial charge in [0.15, 0.2) is 0 Å². The summed E-state index contributed by atoms with van der Waals surface area (Å²) >= 11 is 0. The molecule has 0 saturated heterocycles. The van der Waals surface area contributed by atoms with Gasteiger partial charge < -0.3 is 10.1 Å². The summed E-state index contributed by atoms with van der Waals surface area (Å²) in [5, 5.41) is 3.51. The fraction of sp³-hybridized carbons (Fsp3) is 0.667. The summed E-state index contributed by atoms with van der Waals surface area (Å²) in [7, 11) is 0. The van der Waals surface area contributed by atoms with Gasteiger partial charge in [0.1, 0.15) is 5.75 Å². The molecule has 1 fully saturated rings. The molecule has 0 aromatic carbocycles. The van der Waals surface area contributed by atoms with Gasteiger partial charge >= 0.3 is 0 Å². The average Bonchev–Trinajstić information content (AvgIpc) is 3.11. The van der Waals surface area contributed by atoms with Crippen molar-refractivity contribution in [1.29, 1.82) is 0 Å². The highest BCUT2D eigenvalue weighted by molar-refractivity contribution is 5.32. The molecule has 1 N–H and O–H groups in total. The van der Waals surface area contributed by atoms with Gasteiger partial charge in [0, 0.05) is 36.1 Å². The van der Waals surface area contributed by atoms with E-state index in [-0.39, 0.29) is 0 Å². The van der Waals surface area contributed by atoms with Crippen molar-refractivity contribution >= 4 is 0 Å². The maximum absolute atomic E-state index is 5.90. The molecular weight excluding hydrogens is 224 g/mol. The average molecular weight is 248 g/mol. The molecular formula is C15H24N2O. The molecule has 18 heavy (non-hydrogen) atoms. The number of hydrogen-bond acceptors (Lipinski definition) is 3. The van der Waals surface area contributed by atoms with Gasteiger partial charge in [0.05, 0.1) is 6.61 Å². The Hall–Kier alpha value is -1.09. The number of hydrogen-bond donors (Lipinski definition) is 1. The Kier molecular flexibility index (Phi) is 4.59. The first kappa shape index (κ1) is 13.3. The number of ether oxygens (including phenoxy) is 1. The van der Waals surface area contributed by atoms with Crippen LogP contribution in [-0.4, -0.2) is 17.6 Å². The molecule has 0 unspecified atom stereocenters. The molecule has 1 aliphatic rings. The smallest absolute Gasteiger partial charge is 0.127 e. The molecule has 0 radical (unpaired) electrons. The molecule has 2 rings (SSSR count). The largest absolute Gasteiger partial charge is 0.493 e. The molecule has 0 spiro atoms. The molecule has 0 bridgehead atoms. The van der Waals surface area contributed by atoms with Crippen molar-refractivity contribution in [2.75, 3.05) is 6.61 Å². The van der Waals surface area contributed by atoms with E-state index >= 15 is 0 Å². The first-order chi connectivity index (χ1) is 8.65. The summed E-state index contributed by atoms with van der Waals surface area (Å²) in [5.74, 6) is 1.68. The number of pyridine rings is 1. The van der Waals surface area contributed by atoms with E-state index in [1.54, 1.807) is 0 Å². The Bertz CT molecular complexity index is 386. The van der Waals surface area contributed by atoms with Gasteiger partial charge in [-0.2, -0.15) is 0 Å². The van der Waals surface area contributed by atoms with Crippen LogP contribution in [0.4, 0.5) is 0 Å². The second-order valence-corrected chi connectivity index (χ2v) is 5.62. The molecule has 0 aliphatic heterocycles. The van der Waals surface area contributed by atoms with E-state index < -0.39 is 0 Å². The Balaban J connectivity index is 1.93. The van der Waals surface area contributed by atoms with Crippen molar-refractivity contribution in [3.05, 3.63) is 23.5 Å². The normalized spacial score (nSPS) is 15.1. The van der Waals surface area contributed by atoms with E-state index in [0.717, 1.165) is 37.1 Å². The van der Waals surface area contributed by atoms with E-state index in [4.69, 9.17) is 4.74 Å². The standard InChI is InChI=1S/C15H24N2O/c1-11(2)6-7-18-15-8-12(3)16-9-13(15)10-17-14-4-5-14/h8-9,11,14,17H,4-7,10H2,1-3H3. The third-order valence-electron chi connectivity index (χ3n) is 3.19. The minimum atomic E-state index is 0.681. The molecule has 3 heteroatoms. The van der Waals surface area contributed by atoms with Crippen molar-refractivity contribution in [2.45, 2.75) is 52.6 Å². The SMILES string of the molecule is Cc1cc(OCCC(C)C)c(CNC2CC2)cn1. The number of aromatic nitrogens is 1. The van der Waals surface area contributed by atoms with Gasteiger partial charge in [-0.1, -0.05) is 13.8 Å². The minimum absolute atomic E-state index is 0.681. The second kappa shape index (κ2) is 6.19. The molecule has 1 aromatic heterocycles. The van der Waals surface area contributed by atoms with Crippen molar-refractivity contribution in [2.24, 2.45) is 5.92 Å². The van der Waals surface area contributed by atoms with E-state index in [1.807, 2.05) is 19.2 Å². The van der Waals surface area contributed by atoms with Crippen LogP contribution in [0.25, 0.3) is 0 Å². The Morgan fingerprint density at radius 3 is 2.89 bits per heavy atom. The number of aryl methyl sites for hydroxylation is 1. The predicted molar refractivity (Wildman–Crippen MR) is 73.8 cm³/mol. The van der Waals surface area contributed by atoms with Crippen LogP contribution in [0.1, 0.15) is 44.4 Å². The van der Waals surface area contributed by atoms with Gasteiger partial charge in [-0.15, -0.1) is 0 Å². The molecule has 1 heterocycles. The van der Waals surface area contributed by atoms with Gasteiger partial charge in [-0.3, -0.25) is 4.98 Å². The Morgan fingerprint density at radius 1 is 1.44 bits per heavy atom. The van der Waals surface area contributed by atoms with Crippen molar-refractivity contribution in [1.82, 2.24) is 10.3 Å². The van der Waals surface area contributed by atoms with E-state index in [0.29, 0.717) is 5.92 Å². The predicted octanol–water partition coefficient (Wildman–Crippen LogP) is 3.07. The van der Waals surface area contributed by atoms with E-state index in [2.05, 4.69) is 24.1 Å². The lowest BCUT2D eigenvalue weighted by atomic mass is 10.1. The number of rotatable bonds is 7. The number of nitrogens with one attached hydrogen (secondary N) is 1. The molecule has 0 atom stereocenters. The minimum Gasteiger partial charge on any atom is -0.493 e. The molecule has 3 nitrogen and oxygen atoms in total.